The van der Waals surface area contributed by atoms with Crippen molar-refractivity contribution in [2.75, 3.05) is 0 Å². The van der Waals surface area contributed by atoms with Crippen LogP contribution in [0.1, 0.15) is 35.3 Å². The van der Waals surface area contributed by atoms with E-state index >= 15 is 0 Å². The van der Waals surface area contributed by atoms with Crippen LogP contribution in [-0.4, -0.2) is 17.4 Å². The van der Waals surface area contributed by atoms with Gasteiger partial charge in [0.1, 0.15) is 12.4 Å². The number of carbonyl (C=O) groups excluding carboxylic acids is 2. The first-order valence-corrected chi connectivity index (χ1v) is 9.53. The van der Waals surface area contributed by atoms with Crippen molar-refractivity contribution in [2.45, 2.75) is 26.1 Å². The Morgan fingerprint density at radius 3 is 1.97 bits per heavy atom. The summed E-state index contributed by atoms with van der Waals surface area (Å²) in [5, 5.41) is 0.576. The molecule has 0 amide bonds. The van der Waals surface area contributed by atoms with E-state index in [1.54, 1.807) is 62.4 Å². The average molecular weight is 409 g/mol. The topological polar surface area (TPSA) is 52.6 Å². The SMILES string of the molecule is CC(C)(Oc1ccc(C(=O)c2ccc(Cl)cc2)cc1)C(=O)OCc1ccccc1. The lowest BCUT2D eigenvalue weighted by Crippen LogP contribution is -2.39. The van der Waals surface area contributed by atoms with Crippen LogP contribution in [0.5, 0.6) is 5.75 Å². The minimum absolute atomic E-state index is 0.116. The molecule has 0 saturated carbocycles. The Hall–Kier alpha value is -3.11. The highest BCUT2D eigenvalue weighted by molar-refractivity contribution is 6.30. The fraction of sp³-hybridized carbons (Fsp3) is 0.167. The Kier molecular flexibility index (Phi) is 6.35. The molecule has 0 aliphatic rings. The van der Waals surface area contributed by atoms with E-state index in [1.165, 1.54) is 0 Å². The zero-order chi connectivity index (χ0) is 20.9. The van der Waals surface area contributed by atoms with Gasteiger partial charge in [-0.25, -0.2) is 4.79 Å². The minimum atomic E-state index is -1.17. The molecule has 0 bridgehead atoms. The van der Waals surface area contributed by atoms with Crippen molar-refractivity contribution >= 4 is 23.4 Å². The summed E-state index contributed by atoms with van der Waals surface area (Å²) >= 11 is 5.86. The van der Waals surface area contributed by atoms with E-state index in [9.17, 15) is 9.59 Å². The Morgan fingerprint density at radius 1 is 0.828 bits per heavy atom. The van der Waals surface area contributed by atoms with Crippen molar-refractivity contribution in [1.29, 1.82) is 0 Å². The van der Waals surface area contributed by atoms with E-state index in [4.69, 9.17) is 21.1 Å². The van der Waals surface area contributed by atoms with Crippen LogP contribution in [0.2, 0.25) is 5.02 Å². The number of halogens is 1. The summed E-state index contributed by atoms with van der Waals surface area (Å²) in [5.74, 6) is -0.114. The Balaban J connectivity index is 1.62. The van der Waals surface area contributed by atoms with Crippen molar-refractivity contribution in [3.63, 3.8) is 0 Å². The van der Waals surface area contributed by atoms with Gasteiger partial charge >= 0.3 is 5.97 Å². The first-order chi connectivity index (χ1) is 13.8. The number of rotatable bonds is 7. The van der Waals surface area contributed by atoms with Gasteiger partial charge in [-0.2, -0.15) is 0 Å². The first-order valence-electron chi connectivity index (χ1n) is 9.16. The highest BCUT2D eigenvalue weighted by Gasteiger charge is 2.32. The van der Waals surface area contributed by atoms with Crippen LogP contribution in [0.4, 0.5) is 0 Å². The van der Waals surface area contributed by atoms with Gasteiger partial charge in [0.2, 0.25) is 0 Å². The fourth-order valence-corrected chi connectivity index (χ4v) is 2.80. The molecule has 0 fully saturated rings. The molecule has 3 rings (SSSR count). The number of benzene rings is 3. The van der Waals surface area contributed by atoms with Crippen molar-refractivity contribution in [1.82, 2.24) is 0 Å². The number of hydrogen-bond acceptors (Lipinski definition) is 4. The molecule has 0 N–H and O–H groups in total. The summed E-state index contributed by atoms with van der Waals surface area (Å²) in [6.45, 7) is 3.47. The third-order valence-electron chi connectivity index (χ3n) is 4.30. The number of ketones is 1. The first kappa shape index (κ1) is 20.6. The molecule has 5 heteroatoms. The molecule has 0 aromatic heterocycles. The Labute approximate surface area is 175 Å². The van der Waals surface area contributed by atoms with E-state index in [2.05, 4.69) is 0 Å². The fourth-order valence-electron chi connectivity index (χ4n) is 2.68. The van der Waals surface area contributed by atoms with Crippen molar-refractivity contribution < 1.29 is 19.1 Å². The second kappa shape index (κ2) is 8.93. The van der Waals surface area contributed by atoms with Gasteiger partial charge in [-0.3, -0.25) is 4.79 Å². The molecule has 0 atom stereocenters. The maximum absolute atomic E-state index is 12.5. The second-order valence-electron chi connectivity index (χ2n) is 7.03. The molecule has 0 saturated heterocycles. The summed E-state index contributed by atoms with van der Waals surface area (Å²) in [6, 6.07) is 22.8. The number of ether oxygens (including phenoxy) is 2. The van der Waals surface area contributed by atoms with Crippen LogP contribution in [-0.2, 0) is 16.1 Å². The molecule has 4 nitrogen and oxygen atoms in total. The number of esters is 1. The largest absolute Gasteiger partial charge is 0.476 e. The van der Waals surface area contributed by atoms with E-state index in [0.29, 0.717) is 21.9 Å². The van der Waals surface area contributed by atoms with E-state index in [1.807, 2.05) is 30.3 Å². The van der Waals surface area contributed by atoms with Gasteiger partial charge in [-0.05, 0) is 67.9 Å². The highest BCUT2D eigenvalue weighted by atomic mass is 35.5. The van der Waals surface area contributed by atoms with Gasteiger partial charge < -0.3 is 9.47 Å². The maximum Gasteiger partial charge on any atom is 0.350 e. The van der Waals surface area contributed by atoms with Gasteiger partial charge in [0, 0.05) is 16.1 Å². The van der Waals surface area contributed by atoms with Crippen molar-refractivity contribution in [3.8, 4) is 5.75 Å². The van der Waals surface area contributed by atoms with E-state index < -0.39 is 11.6 Å². The molecule has 0 unspecified atom stereocenters. The smallest absolute Gasteiger partial charge is 0.350 e. The number of carbonyl (C=O) groups is 2. The van der Waals surface area contributed by atoms with Crippen molar-refractivity contribution in [3.05, 3.63) is 101 Å². The predicted octanol–water partition coefficient (Wildman–Crippen LogP) is 5.47. The van der Waals surface area contributed by atoms with Gasteiger partial charge in [0.15, 0.2) is 11.4 Å². The summed E-state index contributed by atoms with van der Waals surface area (Å²) < 4.78 is 11.2. The van der Waals surface area contributed by atoms with Gasteiger partial charge in [0.25, 0.3) is 0 Å². The van der Waals surface area contributed by atoms with Crippen LogP contribution in [0.3, 0.4) is 0 Å². The van der Waals surface area contributed by atoms with Gasteiger partial charge in [-0.15, -0.1) is 0 Å². The van der Waals surface area contributed by atoms with E-state index in [-0.39, 0.29) is 12.4 Å². The lowest BCUT2D eigenvalue weighted by atomic mass is 10.0. The number of hydrogen-bond donors (Lipinski definition) is 0. The summed E-state index contributed by atoms with van der Waals surface area (Å²) in [6.07, 6.45) is 0. The van der Waals surface area contributed by atoms with Crippen molar-refractivity contribution in [2.24, 2.45) is 0 Å². The Morgan fingerprint density at radius 2 is 1.38 bits per heavy atom. The lowest BCUT2D eigenvalue weighted by Gasteiger charge is -2.24. The van der Waals surface area contributed by atoms with Gasteiger partial charge in [-0.1, -0.05) is 41.9 Å². The van der Waals surface area contributed by atoms with Gasteiger partial charge in [0.05, 0.1) is 0 Å². The van der Waals surface area contributed by atoms with Crippen LogP contribution in [0, 0.1) is 0 Å². The third-order valence-corrected chi connectivity index (χ3v) is 4.55. The van der Waals surface area contributed by atoms with Crippen LogP contribution < -0.4 is 4.74 Å². The van der Waals surface area contributed by atoms with Crippen LogP contribution in [0.25, 0.3) is 0 Å². The summed E-state index contributed by atoms with van der Waals surface area (Å²) in [5.41, 5.74) is 0.801. The summed E-state index contributed by atoms with van der Waals surface area (Å²) in [7, 11) is 0. The molecule has 3 aromatic carbocycles. The highest BCUT2D eigenvalue weighted by Crippen LogP contribution is 2.22. The lowest BCUT2D eigenvalue weighted by molar-refractivity contribution is -0.160. The minimum Gasteiger partial charge on any atom is -0.476 e. The molecule has 0 aliphatic carbocycles. The normalized spacial score (nSPS) is 11.0. The molecule has 0 spiro atoms. The molecule has 0 heterocycles. The summed E-state index contributed by atoms with van der Waals surface area (Å²) in [4.78, 5) is 24.9. The van der Waals surface area contributed by atoms with Crippen LogP contribution >= 0.6 is 11.6 Å². The standard InChI is InChI=1S/C24H21ClO4/c1-24(2,23(27)28-16-17-6-4-3-5-7-17)29-21-14-10-19(11-15-21)22(26)18-8-12-20(25)13-9-18/h3-15H,16H2,1-2H3. The molecule has 29 heavy (non-hydrogen) atoms. The molecular weight excluding hydrogens is 388 g/mol. The quantitative estimate of drug-likeness (QED) is 0.384. The molecule has 3 aromatic rings. The maximum atomic E-state index is 12.5. The predicted molar refractivity (Wildman–Crippen MR) is 112 cm³/mol. The zero-order valence-corrected chi connectivity index (χ0v) is 17.0. The molecule has 0 radical (unpaired) electrons. The molecule has 0 aliphatic heterocycles. The van der Waals surface area contributed by atoms with Crippen LogP contribution in [0.15, 0.2) is 78.9 Å². The zero-order valence-electron chi connectivity index (χ0n) is 16.2. The second-order valence-corrected chi connectivity index (χ2v) is 7.47. The van der Waals surface area contributed by atoms with E-state index in [0.717, 1.165) is 5.56 Å². The average Bonchev–Trinajstić information content (AvgIpc) is 2.73. The monoisotopic (exact) mass is 408 g/mol. The molecular formula is C24H21ClO4. The molecule has 148 valence electrons. The Bertz CT molecular complexity index is 978. The third kappa shape index (κ3) is 5.46.